The molecule has 1 aliphatic carbocycles. The van der Waals surface area contributed by atoms with Crippen LogP contribution in [0.4, 0.5) is 18.9 Å². The molecular weight excluding hydrogens is 369 g/mol. The maximum absolute atomic E-state index is 14.0. The normalized spacial score (nSPS) is 19.1. The average Bonchev–Trinajstić information content (AvgIpc) is 2.63. The average molecular weight is 390 g/mol. The van der Waals surface area contributed by atoms with E-state index in [0.29, 0.717) is 37.0 Å². The Morgan fingerprint density at radius 3 is 2.64 bits per heavy atom. The molecule has 0 saturated heterocycles. The van der Waals surface area contributed by atoms with Gasteiger partial charge in [0.15, 0.2) is 11.6 Å². The maximum Gasteiger partial charge on any atom is 0.221 e. The van der Waals surface area contributed by atoms with Gasteiger partial charge >= 0.3 is 0 Å². The number of nitrogens with one attached hydrogen (secondary N) is 1. The predicted octanol–water partition coefficient (Wildman–Crippen LogP) is 4.27. The quantitative estimate of drug-likeness (QED) is 0.592. The fourth-order valence-electron chi connectivity index (χ4n) is 3.34. The lowest BCUT2D eigenvalue weighted by Crippen LogP contribution is -2.33. The first-order chi connectivity index (χ1) is 13.3. The lowest BCUT2D eigenvalue weighted by Gasteiger charge is -2.29. The number of anilines is 1. The van der Waals surface area contributed by atoms with Crippen molar-refractivity contribution in [1.29, 1.82) is 0 Å². The molecule has 2 aromatic carbocycles. The molecule has 0 unspecified atom stereocenters. The Morgan fingerprint density at radius 1 is 1.18 bits per heavy atom. The van der Waals surface area contributed by atoms with E-state index >= 15 is 0 Å². The lowest BCUT2D eigenvalue weighted by molar-refractivity contribution is -0.114. The van der Waals surface area contributed by atoms with Gasteiger partial charge in [0.25, 0.3) is 0 Å². The first-order valence-corrected chi connectivity index (χ1v) is 8.92. The zero-order valence-corrected chi connectivity index (χ0v) is 15.3. The molecule has 148 valence electrons. The number of nitrogens with two attached hydrogens (primary N) is 1. The van der Waals surface area contributed by atoms with Crippen molar-refractivity contribution in [3.63, 3.8) is 0 Å². The summed E-state index contributed by atoms with van der Waals surface area (Å²) in [7, 11) is 0. The summed E-state index contributed by atoms with van der Waals surface area (Å²) in [5.74, 6) is -3.09. The van der Waals surface area contributed by atoms with Gasteiger partial charge in [-0.3, -0.25) is 4.79 Å². The Bertz CT molecular complexity index is 915. The molecule has 0 fully saturated rings. The lowest BCUT2D eigenvalue weighted by atomic mass is 9.81. The summed E-state index contributed by atoms with van der Waals surface area (Å²) in [6.45, 7) is 1.72. The highest BCUT2D eigenvalue weighted by atomic mass is 19.2. The summed E-state index contributed by atoms with van der Waals surface area (Å²) in [6.07, 6.45) is 2.76. The van der Waals surface area contributed by atoms with Crippen LogP contribution < -0.4 is 15.8 Å². The van der Waals surface area contributed by atoms with Crippen molar-refractivity contribution >= 4 is 11.6 Å². The minimum atomic E-state index is -1.21. The van der Waals surface area contributed by atoms with Crippen molar-refractivity contribution in [2.45, 2.75) is 31.7 Å². The smallest absolute Gasteiger partial charge is 0.221 e. The van der Waals surface area contributed by atoms with E-state index in [1.165, 1.54) is 6.92 Å². The first kappa shape index (κ1) is 19.9. The fourth-order valence-corrected chi connectivity index (χ4v) is 3.34. The highest BCUT2D eigenvalue weighted by Gasteiger charge is 2.28. The number of ether oxygens (including phenoxy) is 1. The molecule has 0 heterocycles. The molecule has 4 nitrogen and oxygen atoms in total. The molecule has 0 aliphatic heterocycles. The van der Waals surface area contributed by atoms with Gasteiger partial charge in [0.1, 0.15) is 18.2 Å². The van der Waals surface area contributed by atoms with Gasteiger partial charge in [0.2, 0.25) is 5.91 Å². The topological polar surface area (TPSA) is 64.3 Å². The van der Waals surface area contributed by atoms with Gasteiger partial charge in [0.05, 0.1) is 0 Å². The van der Waals surface area contributed by atoms with Crippen LogP contribution >= 0.6 is 0 Å². The van der Waals surface area contributed by atoms with Gasteiger partial charge in [-0.1, -0.05) is 12.1 Å². The molecule has 0 saturated carbocycles. The standard InChI is InChI=1S/C21H21F3N2O2/c1-12(27)26-14-3-2-4-15(8-14)28-11-13-5-6-16(21(25)7-13)17-9-19(23)20(24)10-18(17)22/h2-5,8-10,16,21H,6-7,11,25H2,1H3,(H,26,27)/t16-,21+/m1/s1. The molecule has 0 bridgehead atoms. The molecule has 1 aliphatic rings. The van der Waals surface area contributed by atoms with E-state index in [4.69, 9.17) is 10.5 Å². The zero-order chi connectivity index (χ0) is 20.3. The number of benzene rings is 2. The highest BCUT2D eigenvalue weighted by Crippen LogP contribution is 2.34. The second-order valence-corrected chi connectivity index (χ2v) is 6.86. The molecule has 3 N–H and O–H groups in total. The largest absolute Gasteiger partial charge is 0.489 e. The molecule has 0 radical (unpaired) electrons. The number of hydrogen-bond donors (Lipinski definition) is 2. The third-order valence-corrected chi connectivity index (χ3v) is 4.69. The van der Waals surface area contributed by atoms with E-state index in [-0.39, 0.29) is 11.5 Å². The summed E-state index contributed by atoms with van der Waals surface area (Å²) >= 11 is 0. The number of hydrogen-bond acceptors (Lipinski definition) is 3. The van der Waals surface area contributed by atoms with E-state index in [9.17, 15) is 18.0 Å². The van der Waals surface area contributed by atoms with E-state index < -0.39 is 29.4 Å². The Kier molecular flexibility index (Phi) is 6.04. The van der Waals surface area contributed by atoms with Crippen molar-refractivity contribution in [2.24, 2.45) is 5.73 Å². The minimum absolute atomic E-state index is 0.0885. The van der Waals surface area contributed by atoms with Gasteiger partial charge in [-0.25, -0.2) is 13.2 Å². The number of allylic oxidation sites excluding steroid dienone is 1. The SMILES string of the molecule is CC(=O)Nc1cccc(OCC2=CC[C@H](c3cc(F)c(F)cc3F)[C@@H](N)C2)c1. The number of rotatable bonds is 5. The van der Waals surface area contributed by atoms with E-state index in [0.717, 1.165) is 11.6 Å². The van der Waals surface area contributed by atoms with E-state index in [1.54, 1.807) is 24.3 Å². The second-order valence-electron chi connectivity index (χ2n) is 6.86. The molecule has 7 heteroatoms. The summed E-state index contributed by atoms with van der Waals surface area (Å²) in [5, 5.41) is 2.68. The molecule has 3 rings (SSSR count). The van der Waals surface area contributed by atoms with Crippen LogP contribution in [-0.2, 0) is 4.79 Å². The summed E-state index contributed by atoms with van der Waals surface area (Å²) < 4.78 is 46.4. The first-order valence-electron chi connectivity index (χ1n) is 8.92. The van der Waals surface area contributed by atoms with Crippen LogP contribution in [0.2, 0.25) is 0 Å². The van der Waals surface area contributed by atoms with Crippen LogP contribution in [-0.4, -0.2) is 18.6 Å². The van der Waals surface area contributed by atoms with E-state index in [1.807, 2.05) is 6.08 Å². The van der Waals surface area contributed by atoms with Crippen LogP contribution in [0.3, 0.4) is 0 Å². The maximum atomic E-state index is 14.0. The van der Waals surface area contributed by atoms with Gasteiger partial charge in [0, 0.05) is 36.7 Å². The minimum Gasteiger partial charge on any atom is -0.489 e. The highest BCUT2D eigenvalue weighted by molar-refractivity contribution is 5.88. The molecule has 0 aromatic heterocycles. The fraction of sp³-hybridized carbons (Fsp3) is 0.286. The van der Waals surface area contributed by atoms with Crippen LogP contribution in [0, 0.1) is 17.5 Å². The van der Waals surface area contributed by atoms with Crippen LogP contribution in [0.15, 0.2) is 48.0 Å². The molecule has 2 aromatic rings. The number of halogens is 3. The van der Waals surface area contributed by atoms with Crippen molar-refractivity contribution in [3.05, 3.63) is 71.1 Å². The van der Waals surface area contributed by atoms with Crippen molar-refractivity contribution in [3.8, 4) is 5.75 Å². The van der Waals surface area contributed by atoms with Crippen molar-refractivity contribution in [2.75, 3.05) is 11.9 Å². The van der Waals surface area contributed by atoms with Gasteiger partial charge < -0.3 is 15.8 Å². The number of amides is 1. The molecule has 2 atom stereocenters. The Morgan fingerprint density at radius 2 is 1.93 bits per heavy atom. The monoisotopic (exact) mass is 390 g/mol. The number of carbonyl (C=O) groups excluding carboxylic acids is 1. The third kappa shape index (κ3) is 4.72. The van der Waals surface area contributed by atoms with Gasteiger partial charge in [-0.2, -0.15) is 0 Å². The molecular formula is C21H21F3N2O2. The summed E-state index contributed by atoms with van der Waals surface area (Å²) in [6, 6.07) is 8.01. The van der Waals surface area contributed by atoms with Gasteiger partial charge in [-0.15, -0.1) is 0 Å². The molecule has 28 heavy (non-hydrogen) atoms. The predicted molar refractivity (Wildman–Crippen MR) is 101 cm³/mol. The Labute approximate surface area is 161 Å². The number of carbonyl (C=O) groups is 1. The zero-order valence-electron chi connectivity index (χ0n) is 15.3. The summed E-state index contributed by atoms with van der Waals surface area (Å²) in [4.78, 5) is 11.1. The molecule has 1 amide bonds. The van der Waals surface area contributed by atoms with E-state index in [2.05, 4.69) is 5.32 Å². The van der Waals surface area contributed by atoms with Crippen LogP contribution in [0.25, 0.3) is 0 Å². The van der Waals surface area contributed by atoms with Gasteiger partial charge in [-0.05, 0) is 42.2 Å². The van der Waals surface area contributed by atoms with Crippen molar-refractivity contribution in [1.82, 2.24) is 0 Å². The summed E-state index contributed by atoms with van der Waals surface area (Å²) in [5.41, 5.74) is 7.84. The van der Waals surface area contributed by atoms with Crippen LogP contribution in [0.1, 0.15) is 31.2 Å². The second kappa shape index (κ2) is 8.48. The Balaban J connectivity index is 1.65. The van der Waals surface area contributed by atoms with Crippen LogP contribution in [0.5, 0.6) is 5.75 Å². The van der Waals surface area contributed by atoms with Crippen molar-refractivity contribution < 1.29 is 22.7 Å². The molecule has 0 spiro atoms. The third-order valence-electron chi connectivity index (χ3n) is 4.69. The Hall–Kier alpha value is -2.80.